The molecule has 0 bridgehead atoms. The highest BCUT2D eigenvalue weighted by atomic mass is 32.1. The van der Waals surface area contributed by atoms with E-state index in [0.717, 1.165) is 21.7 Å². The molecule has 37 heavy (non-hydrogen) atoms. The van der Waals surface area contributed by atoms with Crippen LogP contribution in [0.15, 0.2) is 29.8 Å². The van der Waals surface area contributed by atoms with E-state index >= 15 is 0 Å². The first-order valence-corrected chi connectivity index (χ1v) is 16.8. The molecule has 0 aliphatic carbocycles. The van der Waals surface area contributed by atoms with E-state index < -0.39 is 25.8 Å². The van der Waals surface area contributed by atoms with Crippen molar-refractivity contribution in [1.29, 1.82) is 0 Å². The Hall–Kier alpha value is -2.07. The van der Waals surface area contributed by atoms with Gasteiger partial charge >= 0.3 is 0 Å². The summed E-state index contributed by atoms with van der Waals surface area (Å²) in [6, 6.07) is 6.85. The van der Waals surface area contributed by atoms with Crippen molar-refractivity contribution < 1.29 is 14.0 Å². The highest BCUT2D eigenvalue weighted by Crippen LogP contribution is 2.39. The van der Waals surface area contributed by atoms with E-state index in [1.54, 1.807) is 16.2 Å². The van der Waals surface area contributed by atoms with Gasteiger partial charge in [-0.2, -0.15) is 0 Å². The second-order valence-corrected chi connectivity index (χ2v) is 18.4. The van der Waals surface area contributed by atoms with Crippen molar-refractivity contribution in [3.63, 3.8) is 0 Å². The van der Waals surface area contributed by atoms with Gasteiger partial charge in [0.05, 0.1) is 28.2 Å². The van der Waals surface area contributed by atoms with Gasteiger partial charge in [-0.25, -0.2) is 4.98 Å². The minimum atomic E-state index is -2.07. The molecule has 3 atom stereocenters. The molecule has 3 N–H and O–H groups in total. The zero-order valence-corrected chi connectivity index (χ0v) is 25.7. The summed E-state index contributed by atoms with van der Waals surface area (Å²) in [6.07, 6.45) is 0.291. The number of amides is 2. The molecule has 1 aliphatic heterocycles. The van der Waals surface area contributed by atoms with E-state index in [2.05, 4.69) is 56.3 Å². The van der Waals surface area contributed by atoms with Crippen LogP contribution < -0.4 is 11.1 Å². The van der Waals surface area contributed by atoms with Gasteiger partial charge in [0.2, 0.25) is 11.8 Å². The number of nitrogens with one attached hydrogen (secondary N) is 1. The van der Waals surface area contributed by atoms with Gasteiger partial charge in [0.15, 0.2) is 8.32 Å². The number of benzene rings is 1. The maximum absolute atomic E-state index is 13.4. The van der Waals surface area contributed by atoms with Crippen LogP contribution in [-0.4, -0.2) is 54.7 Å². The average Bonchev–Trinajstić information content (AvgIpc) is 3.41. The first-order valence-electron chi connectivity index (χ1n) is 13.0. The first-order chi connectivity index (χ1) is 17.0. The maximum atomic E-state index is 13.4. The minimum Gasteiger partial charge on any atom is -0.412 e. The molecule has 7 nitrogen and oxygen atoms in total. The van der Waals surface area contributed by atoms with Crippen LogP contribution in [0.4, 0.5) is 0 Å². The monoisotopic (exact) mass is 544 g/mol. The average molecular weight is 545 g/mol. The lowest BCUT2D eigenvalue weighted by atomic mass is 9.86. The first kappa shape index (κ1) is 29.5. The van der Waals surface area contributed by atoms with Crippen molar-refractivity contribution in [2.75, 3.05) is 6.54 Å². The molecule has 2 amide bonds. The number of aryl methyl sites for hydroxylation is 1. The van der Waals surface area contributed by atoms with Crippen LogP contribution in [-0.2, 0) is 20.6 Å². The van der Waals surface area contributed by atoms with Crippen LogP contribution in [0.5, 0.6) is 0 Å². The zero-order valence-electron chi connectivity index (χ0n) is 23.8. The van der Waals surface area contributed by atoms with Crippen molar-refractivity contribution >= 4 is 31.5 Å². The Morgan fingerprint density at radius 2 is 1.81 bits per heavy atom. The lowest BCUT2D eigenvalue weighted by Crippen LogP contribution is -2.55. The molecular weight excluding hydrogens is 500 g/mol. The SMILES string of the molecule is Cc1ncsc1-c1ccc(CNC(=O)[C@@H]2C[C@@H](O[Si](C)(C)C(C)(C)C)CN2C(=O)C(N)C(C)(C)C)cc1. The maximum Gasteiger partial charge on any atom is 0.243 e. The Labute approximate surface area is 227 Å². The van der Waals surface area contributed by atoms with E-state index in [1.807, 2.05) is 45.3 Å². The van der Waals surface area contributed by atoms with Crippen LogP contribution in [0.3, 0.4) is 0 Å². The van der Waals surface area contributed by atoms with Gasteiger partial charge in [0, 0.05) is 19.5 Å². The third-order valence-electron chi connectivity index (χ3n) is 7.74. The second kappa shape index (κ2) is 11.0. The summed E-state index contributed by atoms with van der Waals surface area (Å²) >= 11 is 1.62. The molecule has 1 saturated heterocycles. The lowest BCUT2D eigenvalue weighted by Gasteiger charge is -2.38. The summed E-state index contributed by atoms with van der Waals surface area (Å²) in [5.74, 6) is -0.364. The van der Waals surface area contributed by atoms with E-state index in [-0.39, 0.29) is 23.0 Å². The molecule has 0 radical (unpaired) electrons. The summed E-state index contributed by atoms with van der Waals surface area (Å²) in [4.78, 5) is 34.0. The van der Waals surface area contributed by atoms with Gasteiger partial charge in [-0.3, -0.25) is 9.59 Å². The third-order valence-corrected chi connectivity index (χ3v) is 13.3. The van der Waals surface area contributed by atoms with Gasteiger partial charge in [-0.05, 0) is 41.6 Å². The number of carbonyl (C=O) groups is 2. The quantitative estimate of drug-likeness (QED) is 0.473. The number of hydrogen-bond donors (Lipinski definition) is 2. The van der Waals surface area contributed by atoms with E-state index in [1.165, 1.54) is 0 Å². The second-order valence-electron chi connectivity index (χ2n) is 12.8. The highest BCUT2D eigenvalue weighted by Gasteiger charge is 2.47. The zero-order chi connectivity index (χ0) is 27.8. The fraction of sp³-hybridized carbons (Fsp3) is 0.607. The highest BCUT2D eigenvalue weighted by molar-refractivity contribution is 7.13. The van der Waals surface area contributed by atoms with Gasteiger partial charge in [0.1, 0.15) is 6.04 Å². The molecule has 1 fully saturated rings. The molecule has 0 saturated carbocycles. The molecular formula is C28H44N4O3SSi. The minimum absolute atomic E-state index is 0.0356. The molecule has 1 aromatic heterocycles. The Balaban J connectivity index is 1.73. The molecule has 1 aromatic carbocycles. The predicted molar refractivity (Wildman–Crippen MR) is 154 cm³/mol. The predicted octanol–water partition coefficient (Wildman–Crippen LogP) is 5.10. The van der Waals surface area contributed by atoms with Crippen LogP contribution in [0, 0.1) is 12.3 Å². The van der Waals surface area contributed by atoms with Crippen LogP contribution in [0.1, 0.15) is 59.2 Å². The van der Waals surface area contributed by atoms with Crippen LogP contribution >= 0.6 is 11.3 Å². The summed E-state index contributed by atoms with van der Waals surface area (Å²) in [7, 11) is -2.07. The number of nitrogens with two attached hydrogens (primary N) is 1. The Morgan fingerprint density at radius 1 is 1.19 bits per heavy atom. The fourth-order valence-corrected chi connectivity index (χ4v) is 6.35. The van der Waals surface area contributed by atoms with Crippen LogP contribution in [0.2, 0.25) is 18.1 Å². The van der Waals surface area contributed by atoms with Crippen molar-refractivity contribution in [2.24, 2.45) is 11.1 Å². The van der Waals surface area contributed by atoms with E-state index in [4.69, 9.17) is 10.2 Å². The smallest absolute Gasteiger partial charge is 0.243 e. The number of rotatable bonds is 7. The summed E-state index contributed by atoms with van der Waals surface area (Å²) in [5, 5.41) is 3.09. The largest absolute Gasteiger partial charge is 0.412 e. The molecule has 9 heteroatoms. The number of likely N-dealkylation sites (tertiary alicyclic amines) is 1. The van der Waals surface area contributed by atoms with Gasteiger partial charge in [-0.1, -0.05) is 65.8 Å². The topological polar surface area (TPSA) is 97.5 Å². The summed E-state index contributed by atoms with van der Waals surface area (Å²) in [6.45, 7) is 19.6. The standard InChI is InChI=1S/C28H44N4O3SSi/c1-18-23(36-17-31-18)20-12-10-19(11-13-20)15-30-25(33)22-14-21(35-37(8,9)28(5,6)7)16-32(22)26(34)24(29)27(2,3)4/h10-13,17,21-22,24H,14-16,29H2,1-9H3,(H,30,33)/t21-,22+,24?/m1/s1. The van der Waals surface area contributed by atoms with Crippen molar-refractivity contribution in [3.8, 4) is 10.4 Å². The lowest BCUT2D eigenvalue weighted by molar-refractivity contribution is -0.141. The molecule has 204 valence electrons. The molecule has 2 heterocycles. The number of thiazole rings is 1. The van der Waals surface area contributed by atoms with Gasteiger partial charge in [-0.15, -0.1) is 11.3 Å². The summed E-state index contributed by atoms with van der Waals surface area (Å²) < 4.78 is 6.63. The van der Waals surface area contributed by atoms with Gasteiger partial charge < -0.3 is 20.4 Å². The molecule has 3 rings (SSSR count). The third kappa shape index (κ3) is 6.87. The Kier molecular flexibility index (Phi) is 8.73. The molecule has 1 aliphatic rings. The Morgan fingerprint density at radius 3 is 2.32 bits per heavy atom. The van der Waals surface area contributed by atoms with Crippen molar-refractivity contribution in [3.05, 3.63) is 41.0 Å². The molecule has 1 unspecified atom stereocenters. The normalized spacial score (nSPS) is 19.7. The number of hydrogen-bond acceptors (Lipinski definition) is 6. The van der Waals surface area contributed by atoms with Crippen molar-refractivity contribution in [1.82, 2.24) is 15.2 Å². The Bertz CT molecular complexity index is 1100. The van der Waals surface area contributed by atoms with Gasteiger partial charge in [0.25, 0.3) is 0 Å². The van der Waals surface area contributed by atoms with Crippen LogP contribution in [0.25, 0.3) is 10.4 Å². The van der Waals surface area contributed by atoms with Crippen molar-refractivity contribution in [2.45, 2.75) is 97.8 Å². The summed E-state index contributed by atoms with van der Waals surface area (Å²) in [5.41, 5.74) is 10.9. The number of carbonyl (C=O) groups excluding carboxylic acids is 2. The number of aromatic nitrogens is 1. The molecule has 2 aromatic rings. The number of nitrogens with zero attached hydrogens (tertiary/aromatic N) is 2. The fourth-order valence-electron chi connectivity index (χ4n) is 4.18. The van der Waals surface area contributed by atoms with E-state index in [9.17, 15) is 9.59 Å². The molecule has 0 spiro atoms. The van der Waals surface area contributed by atoms with E-state index in [0.29, 0.717) is 19.5 Å².